The van der Waals surface area contributed by atoms with Crippen LogP contribution in [-0.4, -0.2) is 14.4 Å². The molecule has 0 atom stereocenters. The molecule has 5 rings (SSSR count). The first-order chi connectivity index (χ1) is 13.2. The summed E-state index contributed by atoms with van der Waals surface area (Å²) in [5.41, 5.74) is 4.69. The molecule has 132 valence electrons. The molecule has 0 bridgehead atoms. The summed E-state index contributed by atoms with van der Waals surface area (Å²) in [6.07, 6.45) is 3.85. The lowest BCUT2D eigenvalue weighted by Gasteiger charge is -2.09. The zero-order chi connectivity index (χ0) is 18.4. The predicted molar refractivity (Wildman–Crippen MR) is 112 cm³/mol. The molecule has 0 amide bonds. The van der Waals surface area contributed by atoms with Gasteiger partial charge < -0.3 is 10.3 Å². The highest BCUT2D eigenvalue weighted by Gasteiger charge is 2.17. The molecule has 5 aromatic rings. The van der Waals surface area contributed by atoms with E-state index >= 15 is 0 Å². The van der Waals surface area contributed by atoms with Crippen molar-refractivity contribution in [1.82, 2.24) is 14.4 Å². The Morgan fingerprint density at radius 1 is 0.889 bits per heavy atom. The summed E-state index contributed by atoms with van der Waals surface area (Å²) >= 11 is 12.3. The topological polar surface area (TPSA) is 45.1 Å². The van der Waals surface area contributed by atoms with Crippen LogP contribution >= 0.6 is 23.2 Å². The molecule has 4 nitrogen and oxygen atoms in total. The van der Waals surface area contributed by atoms with E-state index < -0.39 is 0 Å². The van der Waals surface area contributed by atoms with Gasteiger partial charge in [-0.3, -0.25) is 4.40 Å². The fourth-order valence-electron chi connectivity index (χ4n) is 3.26. The van der Waals surface area contributed by atoms with Gasteiger partial charge in [-0.2, -0.15) is 0 Å². The van der Waals surface area contributed by atoms with Gasteiger partial charge in [-0.1, -0.05) is 41.4 Å². The molecule has 27 heavy (non-hydrogen) atoms. The van der Waals surface area contributed by atoms with Crippen LogP contribution in [-0.2, 0) is 0 Å². The zero-order valence-corrected chi connectivity index (χ0v) is 15.6. The van der Waals surface area contributed by atoms with Crippen molar-refractivity contribution in [3.8, 4) is 11.3 Å². The van der Waals surface area contributed by atoms with E-state index in [4.69, 9.17) is 28.2 Å². The van der Waals surface area contributed by atoms with Crippen LogP contribution in [0.3, 0.4) is 0 Å². The summed E-state index contributed by atoms with van der Waals surface area (Å²) in [6, 6.07) is 19.5. The van der Waals surface area contributed by atoms with Crippen molar-refractivity contribution in [3.05, 3.63) is 83.1 Å². The number of anilines is 2. The van der Waals surface area contributed by atoms with Crippen molar-refractivity contribution < 1.29 is 0 Å². The molecule has 0 aliphatic rings. The smallest absolute Gasteiger partial charge is 0.143 e. The average molecular weight is 393 g/mol. The maximum atomic E-state index is 6.24. The molecule has 0 spiro atoms. The van der Waals surface area contributed by atoms with Crippen LogP contribution in [0.15, 0.2) is 73.1 Å². The first-order valence-corrected chi connectivity index (χ1v) is 9.21. The Hall–Kier alpha value is -2.95. The fourth-order valence-corrected chi connectivity index (χ4v) is 3.55. The van der Waals surface area contributed by atoms with E-state index in [-0.39, 0.29) is 0 Å². The first kappa shape index (κ1) is 16.2. The average Bonchev–Trinajstić information content (AvgIpc) is 3.25. The van der Waals surface area contributed by atoms with Crippen molar-refractivity contribution in [2.24, 2.45) is 0 Å². The zero-order valence-electron chi connectivity index (χ0n) is 14.1. The number of para-hydroxylation sites is 1. The van der Waals surface area contributed by atoms with Gasteiger partial charge in [0, 0.05) is 39.6 Å². The summed E-state index contributed by atoms with van der Waals surface area (Å²) in [5.74, 6) is 0.847. The third-order valence-corrected chi connectivity index (χ3v) is 5.01. The molecule has 0 fully saturated rings. The molecule has 0 unspecified atom stereocenters. The number of aromatic amines is 1. The number of benzene rings is 2. The Morgan fingerprint density at radius 2 is 1.67 bits per heavy atom. The van der Waals surface area contributed by atoms with Crippen LogP contribution in [0.2, 0.25) is 10.0 Å². The Balaban J connectivity index is 1.75. The second-order valence-corrected chi connectivity index (χ2v) is 7.14. The lowest BCUT2D eigenvalue weighted by molar-refractivity contribution is 1.18. The number of rotatable bonds is 3. The lowest BCUT2D eigenvalue weighted by atomic mass is 10.1. The number of nitrogens with zero attached hydrogens (tertiary/aromatic N) is 2. The third kappa shape index (κ3) is 2.83. The lowest BCUT2D eigenvalue weighted by Crippen LogP contribution is -1.96. The van der Waals surface area contributed by atoms with Crippen molar-refractivity contribution >= 4 is 51.3 Å². The Kier molecular flexibility index (Phi) is 3.81. The summed E-state index contributed by atoms with van der Waals surface area (Å²) < 4.78 is 1.97. The predicted octanol–water partition coefficient (Wildman–Crippen LogP) is 6.53. The molecule has 3 heterocycles. The number of pyridine rings is 1. The van der Waals surface area contributed by atoms with Crippen molar-refractivity contribution in [1.29, 1.82) is 0 Å². The highest BCUT2D eigenvalue weighted by atomic mass is 35.5. The maximum Gasteiger partial charge on any atom is 0.143 e. The van der Waals surface area contributed by atoms with E-state index in [2.05, 4.69) is 22.4 Å². The van der Waals surface area contributed by atoms with Crippen molar-refractivity contribution in [2.45, 2.75) is 0 Å². The summed E-state index contributed by atoms with van der Waals surface area (Å²) in [7, 11) is 0. The van der Waals surface area contributed by atoms with E-state index in [0.717, 1.165) is 39.3 Å². The highest BCUT2D eigenvalue weighted by Crippen LogP contribution is 2.36. The van der Waals surface area contributed by atoms with Crippen LogP contribution in [0.5, 0.6) is 0 Å². The number of nitrogens with one attached hydrogen (secondary N) is 2. The van der Waals surface area contributed by atoms with Gasteiger partial charge >= 0.3 is 0 Å². The van der Waals surface area contributed by atoms with E-state index in [1.165, 1.54) is 0 Å². The molecule has 0 saturated heterocycles. The molecule has 0 aliphatic heterocycles. The van der Waals surface area contributed by atoms with Gasteiger partial charge in [0.2, 0.25) is 0 Å². The van der Waals surface area contributed by atoms with Gasteiger partial charge in [-0.15, -0.1) is 0 Å². The van der Waals surface area contributed by atoms with E-state index in [1.807, 2.05) is 65.3 Å². The molecule has 6 heteroatoms. The maximum absolute atomic E-state index is 6.24. The minimum absolute atomic E-state index is 0.643. The Labute approximate surface area is 165 Å². The van der Waals surface area contributed by atoms with E-state index in [0.29, 0.717) is 10.0 Å². The summed E-state index contributed by atoms with van der Waals surface area (Å²) in [5, 5.41) is 5.93. The number of imidazole rings is 1. The van der Waals surface area contributed by atoms with Crippen LogP contribution < -0.4 is 5.32 Å². The molecule has 0 aliphatic carbocycles. The summed E-state index contributed by atoms with van der Waals surface area (Å²) in [4.78, 5) is 8.18. The highest BCUT2D eigenvalue weighted by molar-refractivity contribution is 6.30. The third-order valence-electron chi connectivity index (χ3n) is 4.53. The van der Waals surface area contributed by atoms with Crippen LogP contribution in [0.4, 0.5) is 11.5 Å². The molecular weight excluding hydrogens is 379 g/mol. The number of hydrogen-bond donors (Lipinski definition) is 2. The quantitative estimate of drug-likeness (QED) is 0.366. The molecule has 0 saturated carbocycles. The van der Waals surface area contributed by atoms with Gasteiger partial charge in [0.25, 0.3) is 0 Å². The monoisotopic (exact) mass is 392 g/mol. The van der Waals surface area contributed by atoms with Crippen LogP contribution in [0.25, 0.3) is 27.8 Å². The van der Waals surface area contributed by atoms with Crippen LogP contribution in [0, 0.1) is 0 Å². The number of hydrogen-bond acceptors (Lipinski definition) is 2. The largest absolute Gasteiger partial charge is 0.360 e. The molecule has 2 aromatic carbocycles. The Morgan fingerprint density at radius 3 is 2.52 bits per heavy atom. The molecule has 0 radical (unpaired) electrons. The minimum Gasteiger partial charge on any atom is -0.360 e. The van der Waals surface area contributed by atoms with Crippen LogP contribution in [0.1, 0.15) is 0 Å². The van der Waals surface area contributed by atoms with E-state index in [1.54, 1.807) is 0 Å². The second kappa shape index (κ2) is 6.34. The van der Waals surface area contributed by atoms with Gasteiger partial charge in [0.15, 0.2) is 0 Å². The van der Waals surface area contributed by atoms with Crippen molar-refractivity contribution in [2.75, 3.05) is 5.32 Å². The normalized spacial score (nSPS) is 11.3. The van der Waals surface area contributed by atoms with E-state index in [9.17, 15) is 0 Å². The fraction of sp³-hybridized carbons (Fsp3) is 0. The van der Waals surface area contributed by atoms with Gasteiger partial charge in [-0.25, -0.2) is 4.98 Å². The second-order valence-electron chi connectivity index (χ2n) is 6.26. The SMILES string of the molecule is Clc1ccc(Nc2c(-c3c[nH]c4ccccc34)nc3ccc(Cl)cn23)cc1. The van der Waals surface area contributed by atoms with Gasteiger partial charge in [0.1, 0.15) is 17.2 Å². The first-order valence-electron chi connectivity index (χ1n) is 8.46. The van der Waals surface area contributed by atoms with Gasteiger partial charge in [0.05, 0.1) is 5.02 Å². The Bertz CT molecular complexity index is 1270. The number of aromatic nitrogens is 3. The minimum atomic E-state index is 0.643. The number of fused-ring (bicyclic) bond motifs is 2. The number of halogens is 2. The molecule has 2 N–H and O–H groups in total. The van der Waals surface area contributed by atoms with Gasteiger partial charge in [-0.05, 0) is 42.5 Å². The number of H-pyrrole nitrogens is 1. The standard InChI is InChI=1S/C21H14Cl2N4/c22-13-5-8-15(9-6-13)25-21-20(26-19-10-7-14(23)12-27(19)21)17-11-24-18-4-2-1-3-16(17)18/h1-12,24-25H. The summed E-state index contributed by atoms with van der Waals surface area (Å²) in [6.45, 7) is 0. The van der Waals surface area contributed by atoms with Crippen molar-refractivity contribution in [3.63, 3.8) is 0 Å². The molecule has 3 aromatic heterocycles. The molecular formula is C21H14Cl2N4.